The van der Waals surface area contributed by atoms with Crippen molar-refractivity contribution < 1.29 is 9.53 Å². The lowest BCUT2D eigenvalue weighted by atomic mass is 9.96. The second kappa shape index (κ2) is 11.5. The van der Waals surface area contributed by atoms with E-state index < -0.39 is 0 Å². The standard InChI is InChI=1S/C17H27ClN2O2.ClH/c1-12(2)10-15(20-17(21)6-5-9-19-3)14-11-13(18)7-8-16(14)22-4;/h7-8,11-12,15,19H,5-6,9-10H2,1-4H3,(H,20,21);1H. The van der Waals surface area contributed by atoms with Crippen molar-refractivity contribution in [3.63, 3.8) is 0 Å². The Kier molecular flexibility index (Phi) is 11.1. The van der Waals surface area contributed by atoms with E-state index in [1.165, 1.54) is 0 Å². The minimum atomic E-state index is -0.0873. The quantitative estimate of drug-likeness (QED) is 0.653. The third kappa shape index (κ3) is 7.91. The topological polar surface area (TPSA) is 50.4 Å². The molecule has 0 radical (unpaired) electrons. The molecular formula is C17H28Cl2N2O2. The van der Waals surface area contributed by atoms with Gasteiger partial charge in [0.25, 0.3) is 0 Å². The molecule has 0 saturated heterocycles. The number of nitrogens with one attached hydrogen (secondary N) is 2. The van der Waals surface area contributed by atoms with E-state index in [1.807, 2.05) is 19.2 Å². The van der Waals surface area contributed by atoms with Gasteiger partial charge in [-0.05, 0) is 50.6 Å². The lowest BCUT2D eigenvalue weighted by Gasteiger charge is -2.23. The number of halogens is 2. The van der Waals surface area contributed by atoms with Crippen molar-refractivity contribution in [1.82, 2.24) is 10.6 Å². The maximum atomic E-state index is 12.2. The van der Waals surface area contributed by atoms with Crippen LogP contribution in [-0.4, -0.2) is 26.6 Å². The van der Waals surface area contributed by atoms with Crippen LogP contribution in [0.4, 0.5) is 0 Å². The fraction of sp³-hybridized carbons (Fsp3) is 0.588. The average Bonchev–Trinajstić information content (AvgIpc) is 2.46. The number of hydrogen-bond acceptors (Lipinski definition) is 3. The second-order valence-electron chi connectivity index (χ2n) is 5.84. The van der Waals surface area contributed by atoms with Crippen molar-refractivity contribution in [2.24, 2.45) is 5.92 Å². The Hall–Kier alpha value is -0.970. The molecule has 4 nitrogen and oxygen atoms in total. The summed E-state index contributed by atoms with van der Waals surface area (Å²) >= 11 is 6.12. The van der Waals surface area contributed by atoms with Gasteiger partial charge in [-0.1, -0.05) is 25.4 Å². The van der Waals surface area contributed by atoms with E-state index in [4.69, 9.17) is 16.3 Å². The Labute approximate surface area is 150 Å². The van der Waals surface area contributed by atoms with Crippen LogP contribution in [0.2, 0.25) is 5.02 Å². The van der Waals surface area contributed by atoms with Crippen LogP contribution in [0.15, 0.2) is 18.2 Å². The van der Waals surface area contributed by atoms with E-state index in [-0.39, 0.29) is 24.4 Å². The molecule has 1 unspecified atom stereocenters. The highest BCUT2D eigenvalue weighted by molar-refractivity contribution is 6.30. The minimum absolute atomic E-state index is 0. The summed E-state index contributed by atoms with van der Waals surface area (Å²) < 4.78 is 5.42. The van der Waals surface area contributed by atoms with Gasteiger partial charge in [0.1, 0.15) is 5.75 Å². The zero-order chi connectivity index (χ0) is 16.5. The Balaban J connectivity index is 0.00000484. The first-order valence-electron chi connectivity index (χ1n) is 7.75. The summed E-state index contributed by atoms with van der Waals surface area (Å²) in [7, 11) is 3.52. The highest BCUT2D eigenvalue weighted by Crippen LogP contribution is 2.32. The molecule has 0 aliphatic carbocycles. The molecule has 0 heterocycles. The van der Waals surface area contributed by atoms with Crippen LogP contribution >= 0.6 is 24.0 Å². The number of ether oxygens (including phenoxy) is 1. The molecule has 0 saturated carbocycles. The summed E-state index contributed by atoms with van der Waals surface area (Å²) in [6.07, 6.45) is 2.18. The first kappa shape index (κ1) is 22.0. The molecule has 0 spiro atoms. The number of carbonyl (C=O) groups is 1. The Bertz CT molecular complexity index is 482. The van der Waals surface area contributed by atoms with E-state index in [9.17, 15) is 4.79 Å². The predicted octanol–water partition coefficient (Wildman–Crippen LogP) is 3.97. The Morgan fingerprint density at radius 2 is 2.04 bits per heavy atom. The fourth-order valence-electron chi connectivity index (χ4n) is 2.40. The highest BCUT2D eigenvalue weighted by Gasteiger charge is 2.20. The third-order valence-electron chi connectivity index (χ3n) is 3.44. The van der Waals surface area contributed by atoms with E-state index in [2.05, 4.69) is 24.5 Å². The normalized spacial score (nSPS) is 11.7. The number of methoxy groups -OCH3 is 1. The van der Waals surface area contributed by atoms with Crippen LogP contribution in [-0.2, 0) is 4.79 Å². The van der Waals surface area contributed by atoms with Crippen LogP contribution in [0.3, 0.4) is 0 Å². The Morgan fingerprint density at radius 1 is 1.35 bits per heavy atom. The van der Waals surface area contributed by atoms with Gasteiger partial charge in [0.15, 0.2) is 0 Å². The van der Waals surface area contributed by atoms with E-state index in [0.29, 0.717) is 17.4 Å². The van der Waals surface area contributed by atoms with E-state index in [0.717, 1.165) is 30.7 Å². The summed E-state index contributed by atoms with van der Waals surface area (Å²) in [6, 6.07) is 5.43. The van der Waals surface area contributed by atoms with Gasteiger partial charge < -0.3 is 15.4 Å². The molecule has 1 rings (SSSR count). The van der Waals surface area contributed by atoms with Gasteiger partial charge in [-0.3, -0.25) is 4.79 Å². The van der Waals surface area contributed by atoms with Gasteiger partial charge in [0, 0.05) is 17.0 Å². The van der Waals surface area contributed by atoms with Gasteiger partial charge in [-0.15, -0.1) is 12.4 Å². The zero-order valence-electron chi connectivity index (χ0n) is 14.3. The maximum absolute atomic E-state index is 12.2. The molecule has 6 heteroatoms. The number of rotatable bonds is 9. The monoisotopic (exact) mass is 362 g/mol. The average molecular weight is 363 g/mol. The molecule has 1 aromatic rings. The molecule has 0 aromatic heterocycles. The molecule has 1 aromatic carbocycles. The molecule has 23 heavy (non-hydrogen) atoms. The molecule has 132 valence electrons. The lowest BCUT2D eigenvalue weighted by Crippen LogP contribution is -2.30. The predicted molar refractivity (Wildman–Crippen MR) is 98.8 cm³/mol. The number of carbonyl (C=O) groups excluding carboxylic acids is 1. The summed E-state index contributed by atoms with van der Waals surface area (Å²) in [5.74, 6) is 1.26. The summed E-state index contributed by atoms with van der Waals surface area (Å²) in [5, 5.41) is 6.82. The van der Waals surface area contributed by atoms with Crippen LogP contribution in [0, 0.1) is 5.92 Å². The lowest BCUT2D eigenvalue weighted by molar-refractivity contribution is -0.122. The van der Waals surface area contributed by atoms with Crippen molar-refractivity contribution in [3.8, 4) is 5.75 Å². The van der Waals surface area contributed by atoms with Crippen molar-refractivity contribution in [2.45, 2.75) is 39.2 Å². The number of benzene rings is 1. The summed E-state index contributed by atoms with van der Waals surface area (Å²) in [5.41, 5.74) is 0.936. The molecular weight excluding hydrogens is 335 g/mol. The third-order valence-corrected chi connectivity index (χ3v) is 3.68. The van der Waals surface area contributed by atoms with Crippen LogP contribution in [0.25, 0.3) is 0 Å². The van der Waals surface area contributed by atoms with Crippen molar-refractivity contribution in [2.75, 3.05) is 20.7 Å². The van der Waals surface area contributed by atoms with Crippen LogP contribution in [0.5, 0.6) is 5.75 Å². The zero-order valence-corrected chi connectivity index (χ0v) is 15.9. The molecule has 1 amide bonds. The van der Waals surface area contributed by atoms with Crippen molar-refractivity contribution in [3.05, 3.63) is 28.8 Å². The summed E-state index contributed by atoms with van der Waals surface area (Å²) in [4.78, 5) is 12.2. The van der Waals surface area contributed by atoms with Gasteiger partial charge >= 0.3 is 0 Å². The van der Waals surface area contributed by atoms with Crippen LogP contribution < -0.4 is 15.4 Å². The van der Waals surface area contributed by atoms with Crippen molar-refractivity contribution in [1.29, 1.82) is 0 Å². The van der Waals surface area contributed by atoms with Gasteiger partial charge in [0.05, 0.1) is 13.2 Å². The Morgan fingerprint density at radius 3 is 2.61 bits per heavy atom. The molecule has 0 fully saturated rings. The van der Waals surface area contributed by atoms with E-state index in [1.54, 1.807) is 13.2 Å². The minimum Gasteiger partial charge on any atom is -0.496 e. The van der Waals surface area contributed by atoms with Gasteiger partial charge in [0.2, 0.25) is 5.91 Å². The molecule has 0 bridgehead atoms. The molecule has 0 aliphatic rings. The van der Waals surface area contributed by atoms with E-state index >= 15 is 0 Å². The van der Waals surface area contributed by atoms with Gasteiger partial charge in [-0.2, -0.15) is 0 Å². The largest absolute Gasteiger partial charge is 0.496 e. The highest BCUT2D eigenvalue weighted by atomic mass is 35.5. The smallest absolute Gasteiger partial charge is 0.220 e. The summed E-state index contributed by atoms with van der Waals surface area (Å²) in [6.45, 7) is 5.11. The SMILES string of the molecule is CNCCCC(=O)NC(CC(C)C)c1cc(Cl)ccc1OC.Cl. The van der Waals surface area contributed by atoms with Crippen LogP contribution in [0.1, 0.15) is 44.7 Å². The van der Waals surface area contributed by atoms with Gasteiger partial charge in [-0.25, -0.2) is 0 Å². The first-order chi connectivity index (χ1) is 10.5. The fourth-order valence-corrected chi connectivity index (χ4v) is 2.59. The molecule has 2 N–H and O–H groups in total. The molecule has 0 aliphatic heterocycles. The number of amides is 1. The second-order valence-corrected chi connectivity index (χ2v) is 6.28. The van der Waals surface area contributed by atoms with Crippen molar-refractivity contribution >= 4 is 29.9 Å². The molecule has 1 atom stereocenters. The maximum Gasteiger partial charge on any atom is 0.220 e. The first-order valence-corrected chi connectivity index (χ1v) is 8.13. The number of hydrogen-bond donors (Lipinski definition) is 2.